The first-order chi connectivity index (χ1) is 7.11. The summed E-state index contributed by atoms with van der Waals surface area (Å²) in [5.41, 5.74) is 2.20. The fraction of sp³-hybridized carbons (Fsp3) is 0.462. The Morgan fingerprint density at radius 1 is 1.27 bits per heavy atom. The fourth-order valence-electron chi connectivity index (χ4n) is 1.44. The van der Waals surface area contributed by atoms with Crippen LogP contribution in [0.25, 0.3) is 0 Å². The first-order valence-electron chi connectivity index (χ1n) is 5.50. The number of nitrogens with one attached hydrogen (secondary N) is 1. The van der Waals surface area contributed by atoms with Gasteiger partial charge < -0.3 is 5.32 Å². The maximum absolute atomic E-state index is 11.1. The van der Waals surface area contributed by atoms with Crippen molar-refractivity contribution in [2.45, 2.75) is 33.6 Å². The molecule has 0 aliphatic carbocycles. The highest BCUT2D eigenvalue weighted by atomic mass is 16.1. The summed E-state index contributed by atoms with van der Waals surface area (Å²) < 4.78 is 0. The first-order valence-corrected chi connectivity index (χ1v) is 5.50. The molecule has 2 heteroatoms. The Labute approximate surface area is 91.7 Å². The summed E-state index contributed by atoms with van der Waals surface area (Å²) in [6, 6.07) is 8.08. The third kappa shape index (κ3) is 4.15. The van der Waals surface area contributed by atoms with Crippen LogP contribution < -0.4 is 5.32 Å². The Bertz CT molecular complexity index is 314. The van der Waals surface area contributed by atoms with Gasteiger partial charge in [-0.1, -0.05) is 32.9 Å². The first kappa shape index (κ1) is 11.8. The van der Waals surface area contributed by atoms with Crippen molar-refractivity contribution in [1.82, 2.24) is 0 Å². The maximum Gasteiger partial charge on any atom is 0.224 e. The van der Waals surface area contributed by atoms with Crippen LogP contribution in [-0.4, -0.2) is 5.91 Å². The van der Waals surface area contributed by atoms with Gasteiger partial charge in [-0.25, -0.2) is 0 Å². The van der Waals surface area contributed by atoms with Crippen molar-refractivity contribution < 1.29 is 4.79 Å². The Hall–Kier alpha value is -1.31. The molecule has 0 radical (unpaired) electrons. The highest BCUT2D eigenvalue weighted by Gasteiger charge is 2.00. The standard InChI is InChI=1S/C13H19NO/c1-4-13(15)14-12-7-5-11(6-8-12)9-10(2)3/h5-8,10H,4,9H2,1-3H3,(H,14,15). The predicted octanol–water partition coefficient (Wildman–Crippen LogP) is 3.23. The van der Waals surface area contributed by atoms with Crippen LogP contribution in [0.15, 0.2) is 24.3 Å². The van der Waals surface area contributed by atoms with Crippen LogP contribution in [0, 0.1) is 5.92 Å². The summed E-state index contributed by atoms with van der Waals surface area (Å²) in [5.74, 6) is 0.729. The van der Waals surface area contributed by atoms with E-state index in [9.17, 15) is 4.79 Å². The molecule has 0 bridgehead atoms. The number of amides is 1. The van der Waals surface area contributed by atoms with Gasteiger partial charge in [-0.05, 0) is 30.0 Å². The lowest BCUT2D eigenvalue weighted by atomic mass is 10.0. The van der Waals surface area contributed by atoms with Crippen molar-refractivity contribution in [2.75, 3.05) is 5.32 Å². The van der Waals surface area contributed by atoms with E-state index in [-0.39, 0.29) is 5.91 Å². The van der Waals surface area contributed by atoms with Crippen molar-refractivity contribution in [3.8, 4) is 0 Å². The van der Waals surface area contributed by atoms with Crippen molar-refractivity contribution in [3.63, 3.8) is 0 Å². The van der Waals surface area contributed by atoms with Gasteiger partial charge in [0.05, 0.1) is 0 Å². The molecule has 0 aliphatic rings. The third-order valence-electron chi connectivity index (χ3n) is 2.20. The van der Waals surface area contributed by atoms with E-state index in [1.54, 1.807) is 0 Å². The van der Waals surface area contributed by atoms with E-state index < -0.39 is 0 Å². The monoisotopic (exact) mass is 205 g/mol. The van der Waals surface area contributed by atoms with Crippen LogP contribution in [0.2, 0.25) is 0 Å². The van der Waals surface area contributed by atoms with Gasteiger partial charge in [0.25, 0.3) is 0 Å². The summed E-state index contributed by atoms with van der Waals surface area (Å²) in [5, 5.41) is 2.83. The highest BCUT2D eigenvalue weighted by molar-refractivity contribution is 5.90. The zero-order valence-corrected chi connectivity index (χ0v) is 9.71. The summed E-state index contributed by atoms with van der Waals surface area (Å²) in [4.78, 5) is 11.1. The number of hydrogen-bond acceptors (Lipinski definition) is 1. The molecule has 0 aliphatic heterocycles. The van der Waals surface area contributed by atoms with E-state index in [1.165, 1.54) is 5.56 Å². The van der Waals surface area contributed by atoms with Crippen molar-refractivity contribution in [1.29, 1.82) is 0 Å². The molecule has 0 aromatic heterocycles. The van der Waals surface area contributed by atoms with E-state index in [4.69, 9.17) is 0 Å². The normalized spacial score (nSPS) is 10.4. The molecule has 0 unspecified atom stereocenters. The second-order valence-electron chi connectivity index (χ2n) is 4.20. The van der Waals surface area contributed by atoms with Crippen LogP contribution >= 0.6 is 0 Å². The topological polar surface area (TPSA) is 29.1 Å². The van der Waals surface area contributed by atoms with Gasteiger partial charge in [0, 0.05) is 12.1 Å². The van der Waals surface area contributed by atoms with Crippen LogP contribution in [-0.2, 0) is 11.2 Å². The second-order valence-corrected chi connectivity index (χ2v) is 4.20. The third-order valence-corrected chi connectivity index (χ3v) is 2.20. The molecule has 0 fully saturated rings. The smallest absolute Gasteiger partial charge is 0.224 e. The molecule has 1 amide bonds. The SMILES string of the molecule is CCC(=O)Nc1ccc(CC(C)C)cc1. The largest absolute Gasteiger partial charge is 0.326 e. The Morgan fingerprint density at radius 3 is 2.33 bits per heavy atom. The number of hydrogen-bond donors (Lipinski definition) is 1. The number of benzene rings is 1. The molecule has 0 heterocycles. The van der Waals surface area contributed by atoms with Gasteiger partial charge in [0.2, 0.25) is 5.91 Å². The van der Waals surface area contributed by atoms with E-state index >= 15 is 0 Å². The van der Waals surface area contributed by atoms with Crippen molar-refractivity contribution in [2.24, 2.45) is 5.92 Å². The Balaban J connectivity index is 2.60. The lowest BCUT2D eigenvalue weighted by Gasteiger charge is -2.07. The van der Waals surface area contributed by atoms with E-state index in [2.05, 4.69) is 31.3 Å². The van der Waals surface area contributed by atoms with Crippen LogP contribution in [0.5, 0.6) is 0 Å². The summed E-state index contributed by atoms with van der Waals surface area (Å²) in [6.45, 7) is 6.25. The Morgan fingerprint density at radius 2 is 1.87 bits per heavy atom. The fourth-order valence-corrected chi connectivity index (χ4v) is 1.44. The maximum atomic E-state index is 11.1. The van der Waals surface area contributed by atoms with E-state index in [0.29, 0.717) is 12.3 Å². The minimum atomic E-state index is 0.0617. The van der Waals surface area contributed by atoms with Crippen LogP contribution in [0.1, 0.15) is 32.8 Å². The van der Waals surface area contributed by atoms with E-state index in [0.717, 1.165) is 12.1 Å². The molecule has 2 nitrogen and oxygen atoms in total. The Kier molecular flexibility index (Phi) is 4.35. The molecule has 0 atom stereocenters. The number of carbonyl (C=O) groups is 1. The van der Waals surface area contributed by atoms with Gasteiger partial charge in [0.1, 0.15) is 0 Å². The van der Waals surface area contributed by atoms with Crippen molar-refractivity contribution in [3.05, 3.63) is 29.8 Å². The molecular formula is C13H19NO. The van der Waals surface area contributed by atoms with Crippen LogP contribution in [0.4, 0.5) is 5.69 Å². The van der Waals surface area contributed by atoms with Crippen LogP contribution in [0.3, 0.4) is 0 Å². The quantitative estimate of drug-likeness (QED) is 0.803. The number of rotatable bonds is 4. The molecule has 1 rings (SSSR count). The predicted molar refractivity (Wildman–Crippen MR) is 63.9 cm³/mol. The summed E-state index contributed by atoms with van der Waals surface area (Å²) >= 11 is 0. The number of carbonyl (C=O) groups excluding carboxylic acids is 1. The zero-order valence-electron chi connectivity index (χ0n) is 9.71. The summed E-state index contributed by atoms with van der Waals surface area (Å²) in [7, 11) is 0. The average molecular weight is 205 g/mol. The molecule has 1 aromatic rings. The molecule has 15 heavy (non-hydrogen) atoms. The lowest BCUT2D eigenvalue weighted by Crippen LogP contribution is -2.09. The van der Waals surface area contributed by atoms with Gasteiger partial charge in [-0.3, -0.25) is 4.79 Å². The van der Waals surface area contributed by atoms with Gasteiger partial charge in [-0.2, -0.15) is 0 Å². The minimum Gasteiger partial charge on any atom is -0.326 e. The second kappa shape index (κ2) is 5.54. The zero-order chi connectivity index (χ0) is 11.3. The van der Waals surface area contributed by atoms with Crippen molar-refractivity contribution >= 4 is 11.6 Å². The molecule has 0 spiro atoms. The molecule has 0 saturated carbocycles. The van der Waals surface area contributed by atoms with Gasteiger partial charge in [-0.15, -0.1) is 0 Å². The lowest BCUT2D eigenvalue weighted by molar-refractivity contribution is -0.115. The molecule has 0 saturated heterocycles. The van der Waals surface area contributed by atoms with Gasteiger partial charge in [0.15, 0.2) is 0 Å². The van der Waals surface area contributed by atoms with E-state index in [1.807, 2.05) is 19.1 Å². The average Bonchev–Trinajstić information content (AvgIpc) is 2.20. The van der Waals surface area contributed by atoms with Gasteiger partial charge >= 0.3 is 0 Å². The minimum absolute atomic E-state index is 0.0617. The molecule has 82 valence electrons. The number of anilines is 1. The summed E-state index contributed by atoms with van der Waals surface area (Å²) in [6.07, 6.45) is 1.61. The molecule has 1 N–H and O–H groups in total. The highest BCUT2D eigenvalue weighted by Crippen LogP contribution is 2.13. The molecule has 1 aromatic carbocycles. The molecular weight excluding hydrogens is 186 g/mol.